The van der Waals surface area contributed by atoms with Crippen LogP contribution in [0.4, 0.5) is 5.82 Å². The van der Waals surface area contributed by atoms with Crippen LogP contribution >= 0.6 is 0 Å². The number of morpholine rings is 1. The Morgan fingerprint density at radius 3 is 2.84 bits per heavy atom. The summed E-state index contributed by atoms with van der Waals surface area (Å²) < 4.78 is 10.9. The first-order chi connectivity index (χ1) is 15.8. The third-order valence-electron chi connectivity index (χ3n) is 6.85. The number of ether oxygens (including phenoxy) is 1. The number of carbonyl (C=O) groups excluding carboxylic acids is 1. The van der Waals surface area contributed by atoms with E-state index < -0.39 is 0 Å². The van der Waals surface area contributed by atoms with E-state index in [0.29, 0.717) is 24.8 Å². The lowest BCUT2D eigenvalue weighted by atomic mass is 9.85. The van der Waals surface area contributed by atoms with Gasteiger partial charge < -0.3 is 19.5 Å². The minimum absolute atomic E-state index is 0.0425. The standard InChI is InChI=1S/C23H32N6O3/c30-22(25-9-11-28-12-14-31-15-13-28)18-6-3-10-29(16-18)21-19(7-2-8-24-21)20-26-23(32-27-20)17-4-1-5-17/h2,7-8,17-18H,1,3-6,9-16H2,(H,25,30)/t18-/m0/s1. The Labute approximate surface area is 188 Å². The number of nitrogens with zero attached hydrogens (tertiary/aromatic N) is 5. The summed E-state index contributed by atoms with van der Waals surface area (Å²) in [5.41, 5.74) is 0.871. The number of carbonyl (C=O) groups is 1. The second kappa shape index (κ2) is 9.95. The van der Waals surface area contributed by atoms with Gasteiger partial charge in [-0.25, -0.2) is 4.98 Å². The Kier molecular flexibility index (Phi) is 6.64. The fourth-order valence-electron chi connectivity index (χ4n) is 4.68. The van der Waals surface area contributed by atoms with Gasteiger partial charge in [-0.2, -0.15) is 4.98 Å². The highest BCUT2D eigenvalue weighted by Crippen LogP contribution is 2.37. The van der Waals surface area contributed by atoms with Crippen molar-refractivity contribution in [3.05, 3.63) is 24.2 Å². The topological polar surface area (TPSA) is 96.6 Å². The highest BCUT2D eigenvalue weighted by atomic mass is 16.5. The van der Waals surface area contributed by atoms with Crippen molar-refractivity contribution >= 4 is 11.7 Å². The summed E-state index contributed by atoms with van der Waals surface area (Å²) in [5.74, 6) is 2.65. The van der Waals surface area contributed by atoms with Crippen LogP contribution in [0.1, 0.15) is 43.9 Å². The zero-order chi connectivity index (χ0) is 21.8. The molecule has 0 aromatic carbocycles. The number of pyridine rings is 1. The SMILES string of the molecule is O=C(NCCN1CCOCC1)[C@H]1CCCN(c2ncccc2-c2noc(C3CCC3)n2)C1. The van der Waals surface area contributed by atoms with Gasteiger partial charge in [0.05, 0.1) is 24.7 Å². The smallest absolute Gasteiger partial charge is 0.230 e. The molecule has 0 spiro atoms. The minimum atomic E-state index is -0.0425. The normalized spacial score (nSPS) is 22.5. The first-order valence-corrected chi connectivity index (χ1v) is 11.9. The van der Waals surface area contributed by atoms with Crippen LogP contribution in [0, 0.1) is 5.92 Å². The number of rotatable bonds is 7. The number of amides is 1. The van der Waals surface area contributed by atoms with E-state index in [2.05, 4.69) is 30.2 Å². The second-order valence-electron chi connectivity index (χ2n) is 8.99. The third-order valence-corrected chi connectivity index (χ3v) is 6.85. The number of hydrogen-bond acceptors (Lipinski definition) is 8. The number of hydrogen-bond donors (Lipinski definition) is 1. The predicted octanol–water partition coefficient (Wildman–Crippen LogP) is 2.06. The summed E-state index contributed by atoms with van der Waals surface area (Å²) >= 11 is 0. The van der Waals surface area contributed by atoms with Gasteiger partial charge >= 0.3 is 0 Å². The molecular formula is C23H32N6O3. The van der Waals surface area contributed by atoms with Gasteiger partial charge in [0.25, 0.3) is 0 Å². The van der Waals surface area contributed by atoms with Gasteiger partial charge in [-0.15, -0.1) is 0 Å². The molecule has 1 N–H and O–H groups in total. The Hall–Kier alpha value is -2.52. The monoisotopic (exact) mass is 440 g/mol. The van der Waals surface area contributed by atoms with Gasteiger partial charge in [0.15, 0.2) is 0 Å². The average Bonchev–Trinajstić information content (AvgIpc) is 3.28. The third kappa shape index (κ3) is 4.78. The van der Waals surface area contributed by atoms with Crippen LogP contribution in [0.25, 0.3) is 11.4 Å². The van der Waals surface area contributed by atoms with Crippen LogP contribution in [0.5, 0.6) is 0 Å². The second-order valence-corrected chi connectivity index (χ2v) is 8.99. The molecule has 0 radical (unpaired) electrons. The number of aromatic nitrogens is 3. The highest BCUT2D eigenvalue weighted by Gasteiger charge is 2.30. The molecule has 3 fully saturated rings. The Morgan fingerprint density at radius 2 is 2.03 bits per heavy atom. The molecule has 1 amide bonds. The van der Waals surface area contributed by atoms with E-state index in [-0.39, 0.29) is 11.8 Å². The van der Waals surface area contributed by atoms with E-state index in [9.17, 15) is 4.79 Å². The first kappa shape index (κ1) is 21.3. The molecule has 2 aromatic rings. The van der Waals surface area contributed by atoms with Crippen LogP contribution in [0.15, 0.2) is 22.9 Å². The Balaban J connectivity index is 1.21. The molecule has 0 unspecified atom stereocenters. The van der Waals surface area contributed by atoms with Crippen molar-refractivity contribution in [3.63, 3.8) is 0 Å². The number of nitrogens with one attached hydrogen (secondary N) is 1. The molecule has 4 heterocycles. The molecule has 3 aliphatic rings. The van der Waals surface area contributed by atoms with Gasteiger partial charge in [0.2, 0.25) is 17.6 Å². The molecule has 172 valence electrons. The van der Waals surface area contributed by atoms with Crippen molar-refractivity contribution in [1.82, 2.24) is 25.3 Å². The van der Waals surface area contributed by atoms with Crippen molar-refractivity contribution in [3.8, 4) is 11.4 Å². The maximum atomic E-state index is 12.8. The van der Waals surface area contributed by atoms with E-state index in [0.717, 1.165) is 82.3 Å². The molecule has 9 nitrogen and oxygen atoms in total. The van der Waals surface area contributed by atoms with Gasteiger partial charge in [-0.3, -0.25) is 9.69 Å². The van der Waals surface area contributed by atoms with Gasteiger partial charge in [-0.1, -0.05) is 11.6 Å². The van der Waals surface area contributed by atoms with Crippen molar-refractivity contribution < 1.29 is 14.1 Å². The molecular weight excluding hydrogens is 408 g/mol. The van der Waals surface area contributed by atoms with Crippen molar-refractivity contribution in [2.24, 2.45) is 5.92 Å². The van der Waals surface area contributed by atoms with E-state index in [1.54, 1.807) is 6.20 Å². The molecule has 9 heteroatoms. The quantitative estimate of drug-likeness (QED) is 0.699. The summed E-state index contributed by atoms with van der Waals surface area (Å²) in [7, 11) is 0. The Bertz CT molecular complexity index is 909. The maximum absolute atomic E-state index is 12.8. The van der Waals surface area contributed by atoms with Gasteiger partial charge in [-0.05, 0) is 37.8 Å². The van der Waals surface area contributed by atoms with Crippen molar-refractivity contribution in [2.45, 2.75) is 38.0 Å². The molecule has 1 saturated carbocycles. The van der Waals surface area contributed by atoms with Gasteiger partial charge in [0, 0.05) is 51.4 Å². The lowest BCUT2D eigenvalue weighted by Crippen LogP contribution is -2.46. The zero-order valence-electron chi connectivity index (χ0n) is 18.5. The maximum Gasteiger partial charge on any atom is 0.230 e. The summed E-state index contributed by atoms with van der Waals surface area (Å²) in [4.78, 5) is 26.7. The summed E-state index contributed by atoms with van der Waals surface area (Å²) in [6.07, 6.45) is 7.11. The molecule has 1 atom stereocenters. The van der Waals surface area contributed by atoms with Crippen molar-refractivity contribution in [1.29, 1.82) is 0 Å². The van der Waals surface area contributed by atoms with Crippen LogP contribution in [0.2, 0.25) is 0 Å². The van der Waals surface area contributed by atoms with Gasteiger partial charge in [0.1, 0.15) is 5.82 Å². The highest BCUT2D eigenvalue weighted by molar-refractivity contribution is 5.80. The molecule has 2 saturated heterocycles. The van der Waals surface area contributed by atoms with Crippen LogP contribution in [0.3, 0.4) is 0 Å². The lowest BCUT2D eigenvalue weighted by Gasteiger charge is -2.34. The lowest BCUT2D eigenvalue weighted by molar-refractivity contribution is -0.125. The van der Waals surface area contributed by atoms with Crippen LogP contribution in [-0.4, -0.2) is 78.4 Å². The predicted molar refractivity (Wildman–Crippen MR) is 119 cm³/mol. The first-order valence-electron chi connectivity index (χ1n) is 11.9. The summed E-state index contributed by atoms with van der Waals surface area (Å²) in [5, 5.41) is 7.38. The van der Waals surface area contributed by atoms with Crippen LogP contribution in [-0.2, 0) is 9.53 Å². The van der Waals surface area contributed by atoms with E-state index in [1.807, 2.05) is 12.1 Å². The zero-order valence-corrected chi connectivity index (χ0v) is 18.5. The molecule has 2 aromatic heterocycles. The minimum Gasteiger partial charge on any atom is -0.379 e. The van der Waals surface area contributed by atoms with E-state index in [4.69, 9.17) is 9.26 Å². The molecule has 32 heavy (non-hydrogen) atoms. The summed E-state index contributed by atoms with van der Waals surface area (Å²) in [6.45, 7) is 6.51. The summed E-state index contributed by atoms with van der Waals surface area (Å²) in [6, 6.07) is 3.89. The van der Waals surface area contributed by atoms with Crippen LogP contribution < -0.4 is 10.2 Å². The molecule has 2 aliphatic heterocycles. The molecule has 1 aliphatic carbocycles. The Morgan fingerprint density at radius 1 is 1.16 bits per heavy atom. The molecule has 5 rings (SSSR count). The van der Waals surface area contributed by atoms with E-state index >= 15 is 0 Å². The van der Waals surface area contributed by atoms with Crippen molar-refractivity contribution in [2.75, 3.05) is 57.4 Å². The fraction of sp³-hybridized carbons (Fsp3) is 0.652. The molecule has 0 bridgehead atoms. The number of anilines is 1. The fourth-order valence-corrected chi connectivity index (χ4v) is 4.68. The average molecular weight is 441 g/mol. The number of piperidine rings is 1. The van der Waals surface area contributed by atoms with E-state index in [1.165, 1.54) is 6.42 Å². The largest absolute Gasteiger partial charge is 0.379 e.